The highest BCUT2D eigenvalue weighted by Crippen LogP contribution is 2.39. The molecule has 5 heteroatoms. The Hall–Kier alpha value is -2.95. The summed E-state index contributed by atoms with van der Waals surface area (Å²) in [5.41, 5.74) is 3.24. The van der Waals surface area contributed by atoms with Crippen molar-refractivity contribution in [2.45, 2.75) is 6.92 Å². The SMILES string of the molecule is CC(=O)Oc1[nH]cc(-c2ccc(F)cc2)c1-c1ccncc1. The van der Waals surface area contributed by atoms with Crippen molar-refractivity contribution in [3.05, 3.63) is 60.8 Å². The number of carbonyl (C=O) groups excluding carboxylic acids is 1. The summed E-state index contributed by atoms with van der Waals surface area (Å²) in [7, 11) is 0. The largest absolute Gasteiger partial charge is 0.409 e. The van der Waals surface area contributed by atoms with Crippen molar-refractivity contribution in [3.63, 3.8) is 0 Å². The Labute approximate surface area is 126 Å². The van der Waals surface area contributed by atoms with Crippen molar-refractivity contribution >= 4 is 5.97 Å². The number of aromatic amines is 1. The molecule has 0 amide bonds. The van der Waals surface area contributed by atoms with Crippen LogP contribution in [0.1, 0.15) is 6.92 Å². The van der Waals surface area contributed by atoms with E-state index in [1.807, 2.05) is 12.1 Å². The number of nitrogens with zero attached hydrogens (tertiary/aromatic N) is 1. The molecule has 1 N–H and O–H groups in total. The first-order valence-corrected chi connectivity index (χ1v) is 6.71. The van der Waals surface area contributed by atoms with Crippen LogP contribution in [-0.2, 0) is 4.79 Å². The van der Waals surface area contributed by atoms with Gasteiger partial charge in [-0.25, -0.2) is 4.39 Å². The number of esters is 1. The van der Waals surface area contributed by atoms with Crippen LogP contribution in [0.2, 0.25) is 0 Å². The molecule has 110 valence electrons. The van der Waals surface area contributed by atoms with E-state index in [0.29, 0.717) is 5.88 Å². The number of nitrogens with one attached hydrogen (secondary N) is 1. The van der Waals surface area contributed by atoms with Crippen molar-refractivity contribution in [2.75, 3.05) is 0 Å². The van der Waals surface area contributed by atoms with Gasteiger partial charge >= 0.3 is 5.97 Å². The van der Waals surface area contributed by atoms with Gasteiger partial charge in [-0.3, -0.25) is 9.78 Å². The Balaban J connectivity index is 2.16. The minimum Gasteiger partial charge on any atom is -0.409 e. The zero-order valence-corrected chi connectivity index (χ0v) is 11.8. The Morgan fingerprint density at radius 3 is 2.41 bits per heavy atom. The van der Waals surface area contributed by atoms with Crippen LogP contribution in [0.25, 0.3) is 22.3 Å². The zero-order valence-electron chi connectivity index (χ0n) is 11.8. The van der Waals surface area contributed by atoms with Crippen LogP contribution in [0.15, 0.2) is 55.0 Å². The first-order valence-electron chi connectivity index (χ1n) is 6.71. The van der Waals surface area contributed by atoms with Gasteiger partial charge in [0.1, 0.15) is 5.82 Å². The molecule has 0 aliphatic carbocycles. The van der Waals surface area contributed by atoms with Crippen molar-refractivity contribution < 1.29 is 13.9 Å². The number of halogens is 1. The first-order chi connectivity index (χ1) is 10.6. The minimum absolute atomic E-state index is 0.301. The maximum Gasteiger partial charge on any atom is 0.309 e. The maximum atomic E-state index is 13.1. The number of H-pyrrole nitrogens is 1. The molecule has 0 atom stereocenters. The predicted molar refractivity (Wildman–Crippen MR) is 80.7 cm³/mol. The Kier molecular flexibility index (Phi) is 3.70. The Morgan fingerprint density at radius 1 is 1.09 bits per heavy atom. The van der Waals surface area contributed by atoms with E-state index in [-0.39, 0.29) is 5.82 Å². The van der Waals surface area contributed by atoms with Crippen LogP contribution in [-0.4, -0.2) is 15.9 Å². The van der Waals surface area contributed by atoms with E-state index in [1.165, 1.54) is 19.1 Å². The normalized spacial score (nSPS) is 10.5. The second-order valence-electron chi connectivity index (χ2n) is 4.74. The molecule has 0 bridgehead atoms. The zero-order chi connectivity index (χ0) is 15.5. The second-order valence-corrected chi connectivity index (χ2v) is 4.74. The van der Waals surface area contributed by atoms with Crippen molar-refractivity contribution in [2.24, 2.45) is 0 Å². The molecule has 1 aromatic carbocycles. The fourth-order valence-electron chi connectivity index (χ4n) is 2.29. The van der Waals surface area contributed by atoms with Gasteiger partial charge in [0.25, 0.3) is 0 Å². The number of aromatic nitrogens is 2. The highest BCUT2D eigenvalue weighted by atomic mass is 19.1. The molecule has 0 aliphatic rings. The number of carbonyl (C=O) groups is 1. The topological polar surface area (TPSA) is 55.0 Å². The first kappa shape index (κ1) is 14.0. The smallest absolute Gasteiger partial charge is 0.309 e. The number of hydrogen-bond donors (Lipinski definition) is 1. The summed E-state index contributed by atoms with van der Waals surface area (Å²) in [6.07, 6.45) is 5.06. The monoisotopic (exact) mass is 296 g/mol. The second kappa shape index (κ2) is 5.81. The molecular weight excluding hydrogens is 283 g/mol. The van der Waals surface area contributed by atoms with E-state index in [2.05, 4.69) is 9.97 Å². The van der Waals surface area contributed by atoms with Gasteiger partial charge in [-0.2, -0.15) is 0 Å². The standard InChI is InChI=1S/C17H13FN2O2/c1-11(21)22-17-16(13-6-8-19-9-7-13)15(10-20-17)12-2-4-14(18)5-3-12/h2-10,20H,1H3. The maximum absolute atomic E-state index is 13.1. The lowest BCUT2D eigenvalue weighted by atomic mass is 9.99. The fraction of sp³-hybridized carbons (Fsp3) is 0.0588. The molecule has 2 heterocycles. The Bertz CT molecular complexity index is 795. The molecule has 0 radical (unpaired) electrons. The summed E-state index contributed by atoms with van der Waals surface area (Å²) in [4.78, 5) is 18.2. The molecule has 0 unspecified atom stereocenters. The van der Waals surface area contributed by atoms with E-state index in [1.54, 1.807) is 30.7 Å². The van der Waals surface area contributed by atoms with E-state index in [0.717, 1.165) is 22.3 Å². The number of hydrogen-bond acceptors (Lipinski definition) is 3. The molecule has 0 saturated carbocycles. The molecule has 0 fully saturated rings. The van der Waals surface area contributed by atoms with Gasteiger partial charge in [-0.15, -0.1) is 0 Å². The molecule has 4 nitrogen and oxygen atoms in total. The lowest BCUT2D eigenvalue weighted by Gasteiger charge is -2.07. The van der Waals surface area contributed by atoms with E-state index >= 15 is 0 Å². The van der Waals surface area contributed by atoms with E-state index in [4.69, 9.17) is 4.74 Å². The summed E-state index contributed by atoms with van der Waals surface area (Å²) in [5, 5.41) is 0. The van der Waals surface area contributed by atoms with E-state index < -0.39 is 5.97 Å². The summed E-state index contributed by atoms with van der Waals surface area (Å²) in [6, 6.07) is 9.79. The van der Waals surface area contributed by atoms with Crippen LogP contribution in [0.5, 0.6) is 5.88 Å². The van der Waals surface area contributed by atoms with Crippen LogP contribution in [0, 0.1) is 5.82 Å². The van der Waals surface area contributed by atoms with Gasteiger partial charge in [-0.05, 0) is 35.4 Å². The van der Waals surface area contributed by atoms with Gasteiger partial charge < -0.3 is 9.72 Å². The van der Waals surface area contributed by atoms with Gasteiger partial charge in [0, 0.05) is 31.1 Å². The van der Waals surface area contributed by atoms with Crippen LogP contribution >= 0.6 is 0 Å². The summed E-state index contributed by atoms with van der Waals surface area (Å²) >= 11 is 0. The summed E-state index contributed by atoms with van der Waals surface area (Å²) < 4.78 is 18.4. The molecule has 0 spiro atoms. The average molecular weight is 296 g/mol. The van der Waals surface area contributed by atoms with Gasteiger partial charge in [0.05, 0.1) is 5.56 Å². The third kappa shape index (κ3) is 2.74. The van der Waals surface area contributed by atoms with Crippen LogP contribution in [0.3, 0.4) is 0 Å². The number of benzene rings is 1. The lowest BCUT2D eigenvalue weighted by Crippen LogP contribution is -2.02. The number of ether oxygens (including phenoxy) is 1. The molecular formula is C17H13FN2O2. The third-order valence-corrected chi connectivity index (χ3v) is 3.21. The Morgan fingerprint density at radius 2 is 1.77 bits per heavy atom. The number of pyridine rings is 1. The summed E-state index contributed by atoms with van der Waals surface area (Å²) in [5.74, 6) is -0.356. The molecule has 0 aliphatic heterocycles. The highest BCUT2D eigenvalue weighted by Gasteiger charge is 2.17. The minimum atomic E-state index is -0.414. The molecule has 22 heavy (non-hydrogen) atoms. The van der Waals surface area contributed by atoms with Crippen molar-refractivity contribution in [1.29, 1.82) is 0 Å². The van der Waals surface area contributed by atoms with Gasteiger partial charge in [0.15, 0.2) is 0 Å². The quantitative estimate of drug-likeness (QED) is 0.748. The van der Waals surface area contributed by atoms with Crippen molar-refractivity contribution in [3.8, 4) is 28.1 Å². The molecule has 0 saturated heterocycles. The highest BCUT2D eigenvalue weighted by molar-refractivity contribution is 5.88. The fourth-order valence-corrected chi connectivity index (χ4v) is 2.29. The summed E-state index contributed by atoms with van der Waals surface area (Å²) in [6.45, 7) is 1.34. The van der Waals surface area contributed by atoms with E-state index in [9.17, 15) is 9.18 Å². The predicted octanol–water partition coefficient (Wildman–Crippen LogP) is 3.81. The third-order valence-electron chi connectivity index (χ3n) is 3.21. The lowest BCUT2D eigenvalue weighted by molar-refractivity contribution is -0.132. The van der Waals surface area contributed by atoms with Crippen LogP contribution < -0.4 is 4.74 Å². The average Bonchev–Trinajstić information content (AvgIpc) is 2.91. The van der Waals surface area contributed by atoms with Crippen LogP contribution in [0.4, 0.5) is 4.39 Å². The molecule has 3 aromatic rings. The van der Waals surface area contributed by atoms with Gasteiger partial charge in [-0.1, -0.05) is 12.1 Å². The van der Waals surface area contributed by atoms with Gasteiger partial charge in [0.2, 0.25) is 5.88 Å². The molecule has 3 rings (SSSR count). The van der Waals surface area contributed by atoms with Crippen molar-refractivity contribution in [1.82, 2.24) is 9.97 Å². The molecule has 2 aromatic heterocycles. The number of rotatable bonds is 3.